The Hall–Kier alpha value is -1.58. The van der Waals surface area contributed by atoms with Crippen LogP contribution in [0.3, 0.4) is 0 Å². The molecule has 94 valence electrons. The van der Waals surface area contributed by atoms with Gasteiger partial charge < -0.3 is 10.5 Å². The first-order valence-electron chi connectivity index (χ1n) is 5.47. The Morgan fingerprint density at radius 3 is 2.61 bits per heavy atom. The van der Waals surface area contributed by atoms with Crippen molar-refractivity contribution >= 4 is 11.6 Å². The molecule has 0 heterocycles. The molecule has 0 saturated carbocycles. The summed E-state index contributed by atoms with van der Waals surface area (Å²) in [6, 6.07) is 11.0. The van der Waals surface area contributed by atoms with Crippen LogP contribution in [-0.4, -0.2) is 7.11 Å². The summed E-state index contributed by atoms with van der Waals surface area (Å²) in [5.74, 6) is 0.252. The van der Waals surface area contributed by atoms with Crippen molar-refractivity contribution in [2.24, 2.45) is 5.73 Å². The topological polar surface area (TPSA) is 35.2 Å². The molecule has 0 aliphatic heterocycles. The number of benzene rings is 2. The van der Waals surface area contributed by atoms with Gasteiger partial charge in [0.2, 0.25) is 0 Å². The van der Waals surface area contributed by atoms with E-state index < -0.39 is 6.04 Å². The molecule has 2 aromatic rings. The summed E-state index contributed by atoms with van der Waals surface area (Å²) in [5.41, 5.74) is 7.16. The molecular weight excluding hydrogens is 253 g/mol. The minimum atomic E-state index is -0.611. The predicted octanol–water partition coefficient (Wildman–Crippen LogP) is 3.54. The zero-order chi connectivity index (χ0) is 13.1. The third kappa shape index (κ3) is 2.47. The first kappa shape index (κ1) is 12.9. The molecular formula is C14H13ClFNO. The molecule has 2 N–H and O–H groups in total. The summed E-state index contributed by atoms with van der Waals surface area (Å²) in [6.45, 7) is 0. The first-order valence-corrected chi connectivity index (χ1v) is 5.84. The second-order valence-corrected chi connectivity index (χ2v) is 4.32. The number of para-hydroxylation sites is 1. The molecule has 0 spiro atoms. The molecule has 0 amide bonds. The van der Waals surface area contributed by atoms with Crippen LogP contribution in [-0.2, 0) is 0 Å². The summed E-state index contributed by atoms with van der Waals surface area (Å²) in [4.78, 5) is 0. The maximum atomic E-state index is 13.8. The SMILES string of the molecule is COc1ccccc1C(N)c1cc(Cl)ccc1F. The number of hydrogen-bond donors (Lipinski definition) is 1. The molecule has 2 aromatic carbocycles. The molecule has 0 aliphatic carbocycles. The van der Waals surface area contributed by atoms with Gasteiger partial charge >= 0.3 is 0 Å². The smallest absolute Gasteiger partial charge is 0.128 e. The zero-order valence-corrected chi connectivity index (χ0v) is 10.6. The first-order chi connectivity index (χ1) is 8.63. The van der Waals surface area contributed by atoms with E-state index in [9.17, 15) is 4.39 Å². The van der Waals surface area contributed by atoms with Crippen LogP contribution >= 0.6 is 11.6 Å². The lowest BCUT2D eigenvalue weighted by Gasteiger charge is -2.16. The van der Waals surface area contributed by atoms with Crippen LogP contribution in [0.25, 0.3) is 0 Å². The van der Waals surface area contributed by atoms with Crippen LogP contribution in [0.5, 0.6) is 5.75 Å². The van der Waals surface area contributed by atoms with Crippen molar-refractivity contribution < 1.29 is 9.13 Å². The lowest BCUT2D eigenvalue weighted by atomic mass is 9.98. The van der Waals surface area contributed by atoms with Crippen LogP contribution in [0, 0.1) is 5.82 Å². The van der Waals surface area contributed by atoms with Crippen molar-refractivity contribution in [2.75, 3.05) is 7.11 Å². The van der Waals surface area contributed by atoms with E-state index >= 15 is 0 Å². The molecule has 1 unspecified atom stereocenters. The standard InChI is InChI=1S/C14H13ClFNO/c1-18-13-5-3-2-4-10(13)14(17)11-8-9(15)6-7-12(11)16/h2-8,14H,17H2,1H3. The fraction of sp³-hybridized carbons (Fsp3) is 0.143. The molecule has 1 atom stereocenters. The second-order valence-electron chi connectivity index (χ2n) is 3.89. The predicted molar refractivity (Wildman–Crippen MR) is 70.4 cm³/mol. The summed E-state index contributed by atoms with van der Waals surface area (Å²) in [6.07, 6.45) is 0. The maximum Gasteiger partial charge on any atom is 0.128 e. The van der Waals surface area contributed by atoms with Gasteiger partial charge in [0.05, 0.1) is 13.2 Å². The minimum absolute atomic E-state index is 0.354. The number of nitrogens with two attached hydrogens (primary N) is 1. The highest BCUT2D eigenvalue weighted by Gasteiger charge is 2.17. The van der Waals surface area contributed by atoms with Crippen molar-refractivity contribution in [2.45, 2.75) is 6.04 Å². The minimum Gasteiger partial charge on any atom is -0.496 e. The monoisotopic (exact) mass is 265 g/mol. The van der Waals surface area contributed by atoms with Gasteiger partial charge in [0.25, 0.3) is 0 Å². The Kier molecular flexibility index (Phi) is 3.84. The number of methoxy groups -OCH3 is 1. The normalized spacial score (nSPS) is 12.2. The van der Waals surface area contributed by atoms with Crippen LogP contribution in [0.15, 0.2) is 42.5 Å². The van der Waals surface area contributed by atoms with Crippen LogP contribution in [0.1, 0.15) is 17.2 Å². The van der Waals surface area contributed by atoms with E-state index in [4.69, 9.17) is 22.1 Å². The van der Waals surface area contributed by atoms with Crippen molar-refractivity contribution in [3.05, 3.63) is 64.4 Å². The fourth-order valence-electron chi connectivity index (χ4n) is 1.84. The molecule has 18 heavy (non-hydrogen) atoms. The maximum absolute atomic E-state index is 13.8. The Morgan fingerprint density at radius 2 is 1.89 bits per heavy atom. The molecule has 0 aromatic heterocycles. The largest absolute Gasteiger partial charge is 0.496 e. The Bertz CT molecular complexity index is 559. The van der Waals surface area contributed by atoms with Crippen LogP contribution in [0.2, 0.25) is 5.02 Å². The molecule has 2 rings (SSSR count). The average molecular weight is 266 g/mol. The molecule has 2 nitrogen and oxygen atoms in total. The highest BCUT2D eigenvalue weighted by molar-refractivity contribution is 6.30. The van der Waals surface area contributed by atoms with E-state index in [1.165, 1.54) is 18.2 Å². The van der Waals surface area contributed by atoms with Gasteiger partial charge in [0.1, 0.15) is 11.6 Å². The van der Waals surface area contributed by atoms with Gasteiger partial charge in [-0.05, 0) is 24.3 Å². The summed E-state index contributed by atoms with van der Waals surface area (Å²) in [5, 5.41) is 0.455. The number of hydrogen-bond acceptors (Lipinski definition) is 2. The number of rotatable bonds is 3. The van der Waals surface area contributed by atoms with Gasteiger partial charge in [0.15, 0.2) is 0 Å². The number of ether oxygens (including phenoxy) is 1. The summed E-state index contributed by atoms with van der Waals surface area (Å²) >= 11 is 5.87. The van der Waals surface area contributed by atoms with E-state index in [-0.39, 0.29) is 5.82 Å². The Labute approximate surface area is 110 Å². The van der Waals surface area contributed by atoms with Crippen molar-refractivity contribution in [1.82, 2.24) is 0 Å². The van der Waals surface area contributed by atoms with Crippen molar-refractivity contribution in [3.8, 4) is 5.75 Å². The van der Waals surface area contributed by atoms with E-state index in [0.29, 0.717) is 16.3 Å². The van der Waals surface area contributed by atoms with Gasteiger partial charge in [0, 0.05) is 16.1 Å². The summed E-state index contributed by atoms with van der Waals surface area (Å²) < 4.78 is 19.0. The van der Waals surface area contributed by atoms with E-state index in [1.807, 2.05) is 18.2 Å². The molecule has 4 heteroatoms. The van der Waals surface area contributed by atoms with Gasteiger partial charge in [-0.25, -0.2) is 4.39 Å². The van der Waals surface area contributed by atoms with E-state index in [2.05, 4.69) is 0 Å². The lowest BCUT2D eigenvalue weighted by molar-refractivity contribution is 0.407. The van der Waals surface area contributed by atoms with Crippen LogP contribution in [0.4, 0.5) is 4.39 Å². The molecule has 0 radical (unpaired) electrons. The molecule has 0 bridgehead atoms. The Morgan fingerprint density at radius 1 is 1.17 bits per heavy atom. The number of halogens is 2. The Balaban J connectivity index is 2.47. The van der Waals surface area contributed by atoms with Gasteiger partial charge in [-0.3, -0.25) is 0 Å². The van der Waals surface area contributed by atoms with Gasteiger partial charge in [-0.1, -0.05) is 29.8 Å². The zero-order valence-electron chi connectivity index (χ0n) is 9.86. The highest BCUT2D eigenvalue weighted by Crippen LogP contribution is 2.30. The van der Waals surface area contributed by atoms with Gasteiger partial charge in [-0.2, -0.15) is 0 Å². The van der Waals surface area contributed by atoms with Crippen LogP contribution < -0.4 is 10.5 Å². The molecule has 0 saturated heterocycles. The van der Waals surface area contributed by atoms with Crippen molar-refractivity contribution in [1.29, 1.82) is 0 Å². The third-order valence-electron chi connectivity index (χ3n) is 2.77. The van der Waals surface area contributed by atoms with E-state index in [1.54, 1.807) is 13.2 Å². The lowest BCUT2D eigenvalue weighted by Crippen LogP contribution is -2.14. The van der Waals surface area contributed by atoms with Crippen molar-refractivity contribution in [3.63, 3.8) is 0 Å². The summed E-state index contributed by atoms with van der Waals surface area (Å²) in [7, 11) is 1.56. The molecule has 0 aliphatic rings. The fourth-order valence-corrected chi connectivity index (χ4v) is 2.02. The quantitative estimate of drug-likeness (QED) is 0.921. The van der Waals surface area contributed by atoms with E-state index in [0.717, 1.165) is 5.56 Å². The third-order valence-corrected chi connectivity index (χ3v) is 3.00. The second kappa shape index (κ2) is 5.38. The van der Waals surface area contributed by atoms with Gasteiger partial charge in [-0.15, -0.1) is 0 Å². The highest BCUT2D eigenvalue weighted by atomic mass is 35.5. The molecule has 0 fully saturated rings. The average Bonchev–Trinajstić information content (AvgIpc) is 2.40.